The summed E-state index contributed by atoms with van der Waals surface area (Å²) < 4.78 is 0. The van der Waals surface area contributed by atoms with E-state index in [1.807, 2.05) is 32.0 Å². The van der Waals surface area contributed by atoms with Crippen LogP contribution in [0.1, 0.15) is 55.3 Å². The minimum Gasteiger partial charge on any atom is -0.370 e. The summed E-state index contributed by atoms with van der Waals surface area (Å²) in [6, 6.07) is -2.88. The van der Waals surface area contributed by atoms with Crippen molar-refractivity contribution in [1.29, 1.82) is 0 Å². The van der Waals surface area contributed by atoms with E-state index in [1.54, 1.807) is 0 Å². The molecule has 0 saturated carbocycles. The van der Waals surface area contributed by atoms with Gasteiger partial charge in [0, 0.05) is 31.8 Å². The monoisotopic (exact) mass is 756 g/mol. The van der Waals surface area contributed by atoms with Gasteiger partial charge in [0.2, 0.25) is 29.5 Å². The van der Waals surface area contributed by atoms with Gasteiger partial charge in [-0.1, -0.05) is 18.2 Å². The summed E-state index contributed by atoms with van der Waals surface area (Å²) in [6.07, 6.45) is 1.90. The lowest BCUT2D eigenvalue weighted by molar-refractivity contribution is -0.133. The number of rotatable bonds is 10. The first kappa shape index (κ1) is 42.6. The molecule has 18 N–H and O–H groups in total. The highest BCUT2D eigenvalue weighted by molar-refractivity contribution is 6.02. The molecule has 3 rings (SSSR count). The molecular formula is C33H52N14O7. The van der Waals surface area contributed by atoms with Gasteiger partial charge in [0.25, 0.3) is 5.91 Å². The van der Waals surface area contributed by atoms with Gasteiger partial charge in [-0.15, -0.1) is 0 Å². The summed E-state index contributed by atoms with van der Waals surface area (Å²) in [5.74, 6) is -5.13. The number of nitrogens with one attached hydrogen (secondary N) is 8. The van der Waals surface area contributed by atoms with Crippen molar-refractivity contribution in [2.45, 2.75) is 88.7 Å². The van der Waals surface area contributed by atoms with Gasteiger partial charge in [0.15, 0.2) is 5.96 Å². The number of amides is 8. The average Bonchev–Trinajstić information content (AvgIpc) is 3.11. The van der Waals surface area contributed by atoms with Gasteiger partial charge >= 0.3 is 6.03 Å². The molecule has 2 unspecified atom stereocenters. The van der Waals surface area contributed by atoms with Crippen LogP contribution in [0.25, 0.3) is 0 Å². The molecule has 0 bridgehead atoms. The Balaban J connectivity index is 1.98. The van der Waals surface area contributed by atoms with Crippen molar-refractivity contribution in [3.05, 3.63) is 46.8 Å². The highest BCUT2D eigenvalue weighted by Crippen LogP contribution is 2.28. The third-order valence-electron chi connectivity index (χ3n) is 8.80. The third-order valence-corrected chi connectivity index (χ3v) is 8.80. The lowest BCUT2D eigenvalue weighted by Crippen LogP contribution is -2.63. The van der Waals surface area contributed by atoms with Gasteiger partial charge in [-0.3, -0.25) is 28.8 Å². The number of urea groups is 1. The second kappa shape index (κ2) is 19.9. The Morgan fingerprint density at radius 3 is 2.39 bits per heavy atom. The molecule has 2 aliphatic rings. The summed E-state index contributed by atoms with van der Waals surface area (Å²) in [6.45, 7) is 4.71. The number of primary amides is 1. The molecule has 0 radical (unpaired) electrons. The van der Waals surface area contributed by atoms with Crippen LogP contribution in [0.4, 0.5) is 4.79 Å². The molecule has 1 fully saturated rings. The molecule has 54 heavy (non-hydrogen) atoms. The normalized spacial score (nSPS) is 25.8. The molecule has 0 aromatic heterocycles. The number of aliphatic imine (C=N–C) groups is 1. The number of nitrogens with zero attached hydrogens (tertiary/aromatic N) is 1. The van der Waals surface area contributed by atoms with Crippen LogP contribution >= 0.6 is 0 Å². The first-order valence-corrected chi connectivity index (χ1v) is 17.4. The highest BCUT2D eigenvalue weighted by atomic mass is 16.2. The van der Waals surface area contributed by atoms with E-state index in [1.165, 1.54) is 6.92 Å². The molecule has 1 aromatic rings. The Kier molecular flexibility index (Phi) is 15.7. The smallest absolute Gasteiger partial charge is 0.316 e. The van der Waals surface area contributed by atoms with Gasteiger partial charge in [-0.05, 0) is 63.3 Å². The number of aryl methyl sites for hydroxylation is 2. The SMILES string of the molecule is Cc1ccc(C2CC([C@@H]3NC(=O)/C(=C/NC(N)=O)NC(=O)[C@H](CNC(=O)C[C@@H](N)CCCN)NC(=O)[C@H](C)NC(=O)[C@@H](N)CNC3=O)NC(N)=N2)cc1C. The average molecular weight is 757 g/mol. The summed E-state index contributed by atoms with van der Waals surface area (Å²) in [4.78, 5) is 96.2. The van der Waals surface area contributed by atoms with Crippen LogP contribution in [0, 0.1) is 13.8 Å². The number of nitrogens with two attached hydrogens (primary N) is 5. The number of guanidine groups is 1. The van der Waals surface area contributed by atoms with E-state index in [9.17, 15) is 33.6 Å². The second-order valence-electron chi connectivity index (χ2n) is 13.2. The zero-order chi connectivity index (χ0) is 40.1. The molecule has 21 nitrogen and oxygen atoms in total. The van der Waals surface area contributed by atoms with Gasteiger partial charge in [-0.2, -0.15) is 0 Å². The van der Waals surface area contributed by atoms with Crippen molar-refractivity contribution in [3.63, 3.8) is 0 Å². The number of hydrogen-bond acceptors (Lipinski definition) is 13. The zero-order valence-corrected chi connectivity index (χ0v) is 30.5. The molecule has 1 saturated heterocycles. The predicted molar refractivity (Wildman–Crippen MR) is 197 cm³/mol. The first-order valence-electron chi connectivity index (χ1n) is 17.4. The maximum atomic E-state index is 13.9. The number of carbonyl (C=O) groups excluding carboxylic acids is 7. The van der Waals surface area contributed by atoms with Crippen LogP contribution in [0.2, 0.25) is 0 Å². The fourth-order valence-corrected chi connectivity index (χ4v) is 5.55. The summed E-state index contributed by atoms with van der Waals surface area (Å²) in [5.41, 5.74) is 31.2. The second-order valence-corrected chi connectivity index (χ2v) is 13.2. The quantitative estimate of drug-likeness (QED) is 0.100. The number of carbonyl (C=O) groups is 7. The molecule has 2 heterocycles. The van der Waals surface area contributed by atoms with Crippen LogP contribution in [0.5, 0.6) is 0 Å². The molecule has 2 aliphatic heterocycles. The summed E-state index contributed by atoms with van der Waals surface area (Å²) in [7, 11) is 0. The standard InChI is InChI=1S/C33H52N14O7/c1-15-6-7-18(9-16(15)2)21-11-22(46-32(37)45-21)26-31(53)40-12-20(36)28(50)42-17(3)27(49)43-23(13-39-25(48)10-19(35)5-4-8-34)29(51)44-24(30(52)47-26)14-41-33(38)54/h6-7,9,14,17,19-23,26H,4-5,8,10-13,34-36H2,1-3H3,(H,39,48)(H,40,53)(H,42,50)(H,43,49)(H,44,51)(H,47,52)(H3,37,45,46)(H3,38,41,54)/b24-14-/t17-,19-,20-,21?,22?,23-,26-/m0/s1. The minimum atomic E-state index is -1.54. The number of benzene rings is 1. The molecule has 0 spiro atoms. The molecule has 296 valence electrons. The fourth-order valence-electron chi connectivity index (χ4n) is 5.55. The van der Waals surface area contributed by atoms with Crippen LogP contribution in [0.15, 0.2) is 35.1 Å². The van der Waals surface area contributed by atoms with Crippen molar-refractivity contribution in [2.24, 2.45) is 33.7 Å². The van der Waals surface area contributed by atoms with E-state index < -0.39 is 103 Å². The fraction of sp³-hybridized carbons (Fsp3) is 0.515. The Morgan fingerprint density at radius 2 is 1.72 bits per heavy atom. The molecule has 0 aliphatic carbocycles. The summed E-state index contributed by atoms with van der Waals surface area (Å²) >= 11 is 0. The van der Waals surface area contributed by atoms with Crippen molar-refractivity contribution in [2.75, 3.05) is 19.6 Å². The van der Waals surface area contributed by atoms with Gasteiger partial charge < -0.3 is 71.2 Å². The van der Waals surface area contributed by atoms with Crippen molar-refractivity contribution in [1.82, 2.24) is 42.5 Å². The van der Waals surface area contributed by atoms with Gasteiger partial charge in [0.05, 0.1) is 12.1 Å². The molecule has 8 amide bonds. The highest BCUT2D eigenvalue weighted by Gasteiger charge is 2.37. The van der Waals surface area contributed by atoms with Crippen LogP contribution in [-0.4, -0.2) is 103 Å². The Hall–Kier alpha value is -5.80. The van der Waals surface area contributed by atoms with Gasteiger partial charge in [0.1, 0.15) is 29.9 Å². The van der Waals surface area contributed by atoms with E-state index in [0.717, 1.165) is 22.9 Å². The third kappa shape index (κ3) is 12.7. The Bertz CT molecular complexity index is 1650. The Labute approximate surface area is 312 Å². The minimum absolute atomic E-state index is 0.0193. The number of hydrogen-bond donors (Lipinski definition) is 13. The Morgan fingerprint density at radius 1 is 1.00 bits per heavy atom. The molecular weight excluding hydrogens is 704 g/mol. The van der Waals surface area contributed by atoms with E-state index in [-0.39, 0.29) is 18.8 Å². The largest absolute Gasteiger partial charge is 0.370 e. The van der Waals surface area contributed by atoms with Crippen molar-refractivity contribution < 1.29 is 33.6 Å². The lowest BCUT2D eigenvalue weighted by Gasteiger charge is -2.34. The zero-order valence-electron chi connectivity index (χ0n) is 30.5. The predicted octanol–water partition coefficient (Wildman–Crippen LogP) is -4.85. The molecule has 7 atom stereocenters. The molecule has 1 aromatic carbocycles. The van der Waals surface area contributed by atoms with Crippen molar-refractivity contribution in [3.8, 4) is 0 Å². The van der Waals surface area contributed by atoms with Crippen LogP contribution in [-0.2, 0) is 28.8 Å². The van der Waals surface area contributed by atoms with E-state index >= 15 is 0 Å². The van der Waals surface area contributed by atoms with Crippen LogP contribution in [0.3, 0.4) is 0 Å². The maximum absolute atomic E-state index is 13.9. The van der Waals surface area contributed by atoms with E-state index in [0.29, 0.717) is 19.4 Å². The van der Waals surface area contributed by atoms with E-state index in [4.69, 9.17) is 28.7 Å². The first-order chi connectivity index (χ1) is 25.5. The molecule has 21 heteroatoms. The van der Waals surface area contributed by atoms with Crippen LogP contribution < -0.4 is 71.2 Å². The van der Waals surface area contributed by atoms with Gasteiger partial charge in [-0.25, -0.2) is 9.79 Å². The summed E-state index contributed by atoms with van der Waals surface area (Å²) in [5, 5.41) is 19.8. The van der Waals surface area contributed by atoms with Crippen molar-refractivity contribution >= 4 is 47.4 Å². The lowest BCUT2D eigenvalue weighted by atomic mass is 9.92. The topological polar surface area (TPSA) is 358 Å². The maximum Gasteiger partial charge on any atom is 0.316 e. The van der Waals surface area contributed by atoms with E-state index in [2.05, 4.69) is 47.5 Å².